The number of nitrogens with one attached hydrogen (secondary N) is 1. The van der Waals surface area contributed by atoms with E-state index in [1.807, 2.05) is 13.0 Å². The van der Waals surface area contributed by atoms with E-state index in [-0.39, 0.29) is 11.2 Å². The molecule has 1 aromatic carbocycles. The zero-order chi connectivity index (χ0) is 14.5. The van der Waals surface area contributed by atoms with Gasteiger partial charge in [-0.3, -0.25) is 4.79 Å². The highest BCUT2D eigenvalue weighted by Gasteiger charge is 2.15. The van der Waals surface area contributed by atoms with Crippen molar-refractivity contribution < 1.29 is 9.32 Å². The van der Waals surface area contributed by atoms with Crippen molar-refractivity contribution in [1.82, 2.24) is 5.16 Å². The average molecular weight is 290 g/mol. The first kappa shape index (κ1) is 14.7. The number of hydrogen-bond donors (Lipinski definition) is 1. The molecule has 2 rings (SSSR count). The quantitative estimate of drug-likeness (QED) is 0.915. The summed E-state index contributed by atoms with van der Waals surface area (Å²) in [6.07, 6.45) is 0. The maximum atomic E-state index is 12.0. The molecule has 0 aliphatic carbocycles. The zero-order valence-electron chi connectivity index (χ0n) is 11.8. The summed E-state index contributed by atoms with van der Waals surface area (Å²) in [6.45, 7) is 5.75. The van der Waals surface area contributed by atoms with Gasteiger partial charge in [-0.1, -0.05) is 35.0 Å². The number of anilines is 1. The van der Waals surface area contributed by atoms with Gasteiger partial charge in [-0.25, -0.2) is 0 Å². The van der Waals surface area contributed by atoms with E-state index in [1.165, 1.54) is 11.1 Å². The highest BCUT2D eigenvalue weighted by Crippen LogP contribution is 2.20. The average Bonchev–Trinajstić information content (AvgIpc) is 2.81. The van der Waals surface area contributed by atoms with Crippen LogP contribution in [0.1, 0.15) is 23.8 Å². The van der Waals surface area contributed by atoms with Gasteiger partial charge >= 0.3 is 0 Å². The van der Waals surface area contributed by atoms with E-state index in [2.05, 4.69) is 35.6 Å². The van der Waals surface area contributed by atoms with Crippen LogP contribution in [0, 0.1) is 13.8 Å². The monoisotopic (exact) mass is 290 g/mol. The van der Waals surface area contributed by atoms with Crippen LogP contribution >= 0.6 is 11.8 Å². The molecule has 0 aliphatic rings. The summed E-state index contributed by atoms with van der Waals surface area (Å²) in [5.74, 6) is 1.90. The molecular weight excluding hydrogens is 272 g/mol. The van der Waals surface area contributed by atoms with Crippen LogP contribution in [0.25, 0.3) is 0 Å². The van der Waals surface area contributed by atoms with Crippen LogP contribution in [0.15, 0.2) is 34.9 Å². The highest BCUT2D eigenvalue weighted by molar-refractivity contribution is 7.99. The van der Waals surface area contributed by atoms with E-state index < -0.39 is 0 Å². The van der Waals surface area contributed by atoms with Crippen LogP contribution in [0.5, 0.6) is 0 Å². The lowest BCUT2D eigenvalue weighted by Crippen LogP contribution is -2.22. The lowest BCUT2D eigenvalue weighted by atomic mass is 10.2. The van der Waals surface area contributed by atoms with Gasteiger partial charge in [0.25, 0.3) is 0 Å². The molecule has 0 saturated carbocycles. The number of hydrogen-bond acceptors (Lipinski definition) is 4. The van der Waals surface area contributed by atoms with Crippen LogP contribution in [-0.2, 0) is 10.5 Å². The Hall–Kier alpha value is -1.75. The molecule has 1 N–H and O–H groups in total. The summed E-state index contributed by atoms with van der Waals surface area (Å²) < 4.78 is 4.92. The van der Waals surface area contributed by atoms with Crippen molar-refractivity contribution in [2.45, 2.75) is 31.8 Å². The number of rotatable bonds is 5. The third kappa shape index (κ3) is 4.13. The van der Waals surface area contributed by atoms with Crippen molar-refractivity contribution in [1.29, 1.82) is 0 Å². The molecule has 4 nitrogen and oxygen atoms in total. The number of aryl methyl sites for hydroxylation is 2. The fraction of sp³-hybridized carbons (Fsp3) is 0.333. The number of carbonyl (C=O) groups excluding carboxylic acids is 1. The maximum Gasteiger partial charge on any atom is 0.238 e. The molecule has 0 unspecified atom stereocenters. The first-order chi connectivity index (χ1) is 9.54. The summed E-state index contributed by atoms with van der Waals surface area (Å²) in [7, 11) is 0. The minimum Gasteiger partial charge on any atom is -0.360 e. The Labute approximate surface area is 122 Å². The second-order valence-corrected chi connectivity index (χ2v) is 6.08. The van der Waals surface area contributed by atoms with Gasteiger partial charge in [0.2, 0.25) is 5.91 Å². The topological polar surface area (TPSA) is 55.1 Å². The predicted octanol–water partition coefficient (Wildman–Crippen LogP) is 3.55. The molecule has 0 aliphatic heterocycles. The summed E-state index contributed by atoms with van der Waals surface area (Å²) in [5, 5.41) is 6.35. The standard InChI is InChI=1S/C15H18N2O2S/c1-10-5-4-6-13(7-10)9-20-12(3)15(18)16-14-8-11(2)19-17-14/h4-8,12H,9H2,1-3H3,(H,16,17,18)/t12-/m1/s1. The van der Waals surface area contributed by atoms with Gasteiger partial charge in [0.15, 0.2) is 5.82 Å². The first-order valence-corrected chi connectivity index (χ1v) is 7.51. The first-order valence-electron chi connectivity index (χ1n) is 6.46. The van der Waals surface area contributed by atoms with Crippen LogP contribution in [0.2, 0.25) is 0 Å². The van der Waals surface area contributed by atoms with Gasteiger partial charge in [-0.05, 0) is 26.3 Å². The molecule has 5 heteroatoms. The van der Waals surface area contributed by atoms with Crippen molar-refractivity contribution in [2.24, 2.45) is 0 Å². The van der Waals surface area contributed by atoms with Crippen molar-refractivity contribution >= 4 is 23.5 Å². The van der Waals surface area contributed by atoms with Crippen molar-refractivity contribution in [3.05, 3.63) is 47.2 Å². The van der Waals surface area contributed by atoms with E-state index >= 15 is 0 Å². The number of carbonyl (C=O) groups is 1. The van der Waals surface area contributed by atoms with Crippen LogP contribution < -0.4 is 5.32 Å². The third-order valence-electron chi connectivity index (χ3n) is 2.83. The Morgan fingerprint density at radius 2 is 2.20 bits per heavy atom. The molecule has 0 radical (unpaired) electrons. The molecule has 1 amide bonds. The molecule has 2 aromatic rings. The molecule has 1 atom stereocenters. The maximum absolute atomic E-state index is 12.0. The molecule has 0 fully saturated rings. The van der Waals surface area contributed by atoms with Gasteiger partial charge in [0.1, 0.15) is 5.76 Å². The van der Waals surface area contributed by atoms with Crippen LogP contribution in [-0.4, -0.2) is 16.3 Å². The van der Waals surface area contributed by atoms with Gasteiger partial charge in [-0.15, -0.1) is 11.8 Å². The lowest BCUT2D eigenvalue weighted by Gasteiger charge is -2.10. The van der Waals surface area contributed by atoms with Crippen molar-refractivity contribution in [2.75, 3.05) is 5.32 Å². The smallest absolute Gasteiger partial charge is 0.238 e. The van der Waals surface area contributed by atoms with E-state index in [4.69, 9.17) is 4.52 Å². The summed E-state index contributed by atoms with van der Waals surface area (Å²) in [5.41, 5.74) is 2.46. The van der Waals surface area contributed by atoms with Crippen LogP contribution in [0.3, 0.4) is 0 Å². The Morgan fingerprint density at radius 3 is 2.85 bits per heavy atom. The predicted molar refractivity (Wildman–Crippen MR) is 81.8 cm³/mol. The molecule has 0 bridgehead atoms. The van der Waals surface area contributed by atoms with Crippen LogP contribution in [0.4, 0.5) is 5.82 Å². The Kier molecular flexibility index (Phi) is 4.84. The molecule has 1 aromatic heterocycles. The molecule has 106 valence electrons. The number of benzene rings is 1. The lowest BCUT2D eigenvalue weighted by molar-refractivity contribution is -0.115. The SMILES string of the molecule is Cc1cccc(CS[C@H](C)C(=O)Nc2cc(C)on2)c1. The fourth-order valence-corrected chi connectivity index (χ4v) is 2.58. The van der Waals surface area contributed by atoms with E-state index in [0.717, 1.165) is 5.75 Å². The van der Waals surface area contributed by atoms with Gasteiger partial charge < -0.3 is 9.84 Å². The van der Waals surface area contributed by atoms with E-state index in [0.29, 0.717) is 11.6 Å². The van der Waals surface area contributed by atoms with Crippen molar-refractivity contribution in [3.8, 4) is 0 Å². The van der Waals surface area contributed by atoms with E-state index in [9.17, 15) is 4.79 Å². The fourth-order valence-electron chi connectivity index (χ4n) is 1.75. The molecule has 20 heavy (non-hydrogen) atoms. The highest BCUT2D eigenvalue weighted by atomic mass is 32.2. The van der Waals surface area contributed by atoms with Crippen molar-refractivity contribution in [3.63, 3.8) is 0 Å². The molecule has 0 spiro atoms. The number of amides is 1. The van der Waals surface area contributed by atoms with Gasteiger partial charge in [0, 0.05) is 11.8 Å². The molecule has 1 heterocycles. The number of aromatic nitrogens is 1. The molecule has 0 saturated heterocycles. The Bertz CT molecular complexity index is 595. The van der Waals surface area contributed by atoms with E-state index in [1.54, 1.807) is 24.8 Å². The zero-order valence-corrected chi connectivity index (χ0v) is 12.7. The minimum absolute atomic E-state index is 0.0593. The second-order valence-electron chi connectivity index (χ2n) is 4.75. The Morgan fingerprint density at radius 1 is 1.40 bits per heavy atom. The molecular formula is C15H18N2O2S. The van der Waals surface area contributed by atoms with Gasteiger partial charge in [-0.2, -0.15) is 0 Å². The number of nitrogens with zero attached hydrogens (tertiary/aromatic N) is 1. The summed E-state index contributed by atoms with van der Waals surface area (Å²) in [4.78, 5) is 12.0. The summed E-state index contributed by atoms with van der Waals surface area (Å²) in [6, 6.07) is 10.0. The largest absolute Gasteiger partial charge is 0.360 e. The Balaban J connectivity index is 1.85. The summed E-state index contributed by atoms with van der Waals surface area (Å²) >= 11 is 1.60. The third-order valence-corrected chi connectivity index (χ3v) is 4.05. The number of thioether (sulfide) groups is 1. The van der Waals surface area contributed by atoms with Gasteiger partial charge in [0.05, 0.1) is 5.25 Å². The normalized spacial score (nSPS) is 12.2. The minimum atomic E-state index is -0.146. The second kappa shape index (κ2) is 6.61.